The summed E-state index contributed by atoms with van der Waals surface area (Å²) in [4.78, 5) is 15.1. The van der Waals surface area contributed by atoms with Crippen molar-refractivity contribution in [3.63, 3.8) is 0 Å². The Bertz CT molecular complexity index is 2650. The largest absolute Gasteiger partial charge is 0.208 e. The molecule has 1 aromatic heterocycles. The number of nitrogens with zero attached hydrogens (tertiary/aromatic N) is 3. The molecule has 1 heterocycles. The molecular formula is C47H29N3. The van der Waals surface area contributed by atoms with Gasteiger partial charge in [-0.25, -0.2) is 15.0 Å². The first kappa shape index (κ1) is 28.3. The zero-order chi connectivity index (χ0) is 33.0. The van der Waals surface area contributed by atoms with Gasteiger partial charge in [-0.3, -0.25) is 0 Å². The summed E-state index contributed by atoms with van der Waals surface area (Å²) in [5, 5.41) is 4.87. The Morgan fingerprint density at radius 2 is 0.780 bits per heavy atom. The molecule has 9 aromatic rings. The van der Waals surface area contributed by atoms with Crippen LogP contribution in [-0.2, 0) is 0 Å². The predicted molar refractivity (Wildman–Crippen MR) is 206 cm³/mol. The number of fused-ring (bicyclic) bond motifs is 4. The Labute approximate surface area is 290 Å². The van der Waals surface area contributed by atoms with Crippen LogP contribution in [0.3, 0.4) is 0 Å². The maximum atomic E-state index is 5.08. The van der Waals surface area contributed by atoms with Gasteiger partial charge in [0, 0.05) is 16.7 Å². The fourth-order valence-corrected chi connectivity index (χ4v) is 7.49. The monoisotopic (exact) mass is 635 g/mol. The zero-order valence-electron chi connectivity index (χ0n) is 27.1. The SMILES string of the molecule is c1ccc(-c2nc(-c3ccccc3)nc(-c3cc(-c4ccc(-c5ccc6c7c(cccc57)-c5ccccc5-6)cc4)cc4ccccc34)n2)cc1. The summed E-state index contributed by atoms with van der Waals surface area (Å²) in [5.41, 5.74) is 12.9. The van der Waals surface area contributed by atoms with Gasteiger partial charge in [-0.1, -0.05) is 164 Å². The van der Waals surface area contributed by atoms with E-state index in [0.29, 0.717) is 17.5 Å². The molecule has 0 N–H and O–H groups in total. The van der Waals surface area contributed by atoms with Gasteiger partial charge in [0.05, 0.1) is 0 Å². The summed E-state index contributed by atoms with van der Waals surface area (Å²) in [7, 11) is 0. The van der Waals surface area contributed by atoms with E-state index in [2.05, 4.69) is 115 Å². The Kier molecular flexibility index (Phi) is 6.49. The Balaban J connectivity index is 1.10. The number of hydrogen-bond donors (Lipinski definition) is 0. The van der Waals surface area contributed by atoms with Crippen molar-refractivity contribution in [1.29, 1.82) is 0 Å². The van der Waals surface area contributed by atoms with Gasteiger partial charge in [-0.2, -0.15) is 0 Å². The van der Waals surface area contributed by atoms with E-state index in [9.17, 15) is 0 Å². The quantitative estimate of drug-likeness (QED) is 0.189. The van der Waals surface area contributed by atoms with E-state index in [0.717, 1.165) is 38.6 Å². The number of benzene rings is 8. The van der Waals surface area contributed by atoms with E-state index in [-0.39, 0.29) is 0 Å². The van der Waals surface area contributed by atoms with Crippen LogP contribution in [0.4, 0.5) is 0 Å². The number of rotatable bonds is 5. The molecule has 232 valence electrons. The molecule has 0 bridgehead atoms. The highest BCUT2D eigenvalue weighted by Crippen LogP contribution is 2.49. The van der Waals surface area contributed by atoms with E-state index >= 15 is 0 Å². The molecule has 3 heteroatoms. The molecule has 3 nitrogen and oxygen atoms in total. The summed E-state index contributed by atoms with van der Waals surface area (Å²) in [6.45, 7) is 0. The lowest BCUT2D eigenvalue weighted by molar-refractivity contribution is 1.08. The van der Waals surface area contributed by atoms with Gasteiger partial charge in [-0.05, 0) is 78.2 Å². The van der Waals surface area contributed by atoms with Crippen LogP contribution in [0.15, 0.2) is 176 Å². The van der Waals surface area contributed by atoms with Gasteiger partial charge in [0.15, 0.2) is 17.5 Å². The molecule has 0 aliphatic heterocycles. The molecular weight excluding hydrogens is 607 g/mol. The third kappa shape index (κ3) is 4.63. The molecule has 0 saturated carbocycles. The number of aromatic nitrogens is 3. The lowest BCUT2D eigenvalue weighted by Crippen LogP contribution is -2.00. The minimum Gasteiger partial charge on any atom is -0.208 e. The molecule has 0 unspecified atom stereocenters. The van der Waals surface area contributed by atoms with Crippen molar-refractivity contribution >= 4 is 21.5 Å². The van der Waals surface area contributed by atoms with Gasteiger partial charge in [0.2, 0.25) is 0 Å². The van der Waals surface area contributed by atoms with Crippen molar-refractivity contribution in [2.24, 2.45) is 0 Å². The molecule has 0 radical (unpaired) electrons. The van der Waals surface area contributed by atoms with Crippen LogP contribution in [-0.4, -0.2) is 15.0 Å². The minimum absolute atomic E-state index is 0.654. The molecule has 1 aliphatic carbocycles. The average Bonchev–Trinajstić information content (AvgIpc) is 3.53. The maximum absolute atomic E-state index is 5.08. The molecule has 50 heavy (non-hydrogen) atoms. The van der Waals surface area contributed by atoms with Gasteiger partial charge in [0.25, 0.3) is 0 Å². The standard InChI is InChI=1S/C47H29N3/c1-3-12-32(13-4-1)45-48-46(33-14-5-2-6-15-33)50-47(49-45)43-29-35(28-34-16-7-8-17-36(34)43)30-22-24-31(25-23-30)37-26-27-42-39-19-10-9-18-38(39)41-21-11-20-40(37)44(41)42/h1-29H. The van der Waals surface area contributed by atoms with Crippen LogP contribution in [0.5, 0.6) is 0 Å². The average molecular weight is 636 g/mol. The van der Waals surface area contributed by atoms with E-state index in [1.807, 2.05) is 60.7 Å². The fourth-order valence-electron chi connectivity index (χ4n) is 7.49. The summed E-state index contributed by atoms with van der Waals surface area (Å²) >= 11 is 0. The highest BCUT2D eigenvalue weighted by Gasteiger charge is 2.22. The molecule has 0 fully saturated rings. The Hall–Kier alpha value is -6.71. The summed E-state index contributed by atoms with van der Waals surface area (Å²) < 4.78 is 0. The first-order valence-electron chi connectivity index (χ1n) is 16.9. The fraction of sp³-hybridized carbons (Fsp3) is 0. The second-order valence-corrected chi connectivity index (χ2v) is 12.8. The minimum atomic E-state index is 0.654. The zero-order valence-corrected chi connectivity index (χ0v) is 27.1. The third-order valence-corrected chi connectivity index (χ3v) is 9.88. The highest BCUT2D eigenvalue weighted by molar-refractivity contribution is 6.18. The summed E-state index contributed by atoms with van der Waals surface area (Å²) in [5.74, 6) is 1.96. The molecule has 10 rings (SSSR count). The predicted octanol–water partition coefficient (Wildman–Crippen LogP) is 12.2. The van der Waals surface area contributed by atoms with E-state index in [1.165, 1.54) is 44.2 Å². The molecule has 8 aromatic carbocycles. The second-order valence-electron chi connectivity index (χ2n) is 12.8. The molecule has 0 spiro atoms. The van der Waals surface area contributed by atoms with E-state index in [1.54, 1.807) is 0 Å². The van der Waals surface area contributed by atoms with Crippen LogP contribution in [0.25, 0.3) is 100 Å². The normalized spacial score (nSPS) is 11.6. The van der Waals surface area contributed by atoms with Crippen molar-refractivity contribution in [3.8, 4) is 78.7 Å². The van der Waals surface area contributed by atoms with Crippen LogP contribution in [0.1, 0.15) is 0 Å². The third-order valence-electron chi connectivity index (χ3n) is 9.88. The molecule has 1 aliphatic rings. The first-order chi connectivity index (χ1) is 24.8. The second kappa shape index (κ2) is 11.5. The van der Waals surface area contributed by atoms with Crippen LogP contribution in [0.2, 0.25) is 0 Å². The smallest absolute Gasteiger partial charge is 0.164 e. The summed E-state index contributed by atoms with van der Waals surface area (Å²) in [6.07, 6.45) is 0. The highest BCUT2D eigenvalue weighted by atomic mass is 15.0. The van der Waals surface area contributed by atoms with Gasteiger partial charge in [0.1, 0.15) is 0 Å². The van der Waals surface area contributed by atoms with E-state index in [4.69, 9.17) is 15.0 Å². The molecule has 0 saturated heterocycles. The van der Waals surface area contributed by atoms with Crippen molar-refractivity contribution in [1.82, 2.24) is 15.0 Å². The van der Waals surface area contributed by atoms with Crippen molar-refractivity contribution in [2.75, 3.05) is 0 Å². The Morgan fingerprint density at radius 3 is 1.48 bits per heavy atom. The summed E-state index contributed by atoms with van der Waals surface area (Å²) in [6, 6.07) is 62.2. The van der Waals surface area contributed by atoms with Gasteiger partial charge < -0.3 is 0 Å². The van der Waals surface area contributed by atoms with Crippen molar-refractivity contribution < 1.29 is 0 Å². The van der Waals surface area contributed by atoms with Crippen LogP contribution < -0.4 is 0 Å². The number of hydrogen-bond acceptors (Lipinski definition) is 3. The van der Waals surface area contributed by atoms with Gasteiger partial charge in [-0.15, -0.1) is 0 Å². The van der Waals surface area contributed by atoms with Gasteiger partial charge >= 0.3 is 0 Å². The first-order valence-corrected chi connectivity index (χ1v) is 16.9. The van der Waals surface area contributed by atoms with Crippen LogP contribution >= 0.6 is 0 Å². The molecule has 0 amide bonds. The van der Waals surface area contributed by atoms with Crippen molar-refractivity contribution in [2.45, 2.75) is 0 Å². The topological polar surface area (TPSA) is 38.7 Å². The van der Waals surface area contributed by atoms with E-state index < -0.39 is 0 Å². The Morgan fingerprint density at radius 1 is 0.260 bits per heavy atom. The lowest BCUT2D eigenvalue weighted by Gasteiger charge is -2.13. The van der Waals surface area contributed by atoms with Crippen molar-refractivity contribution in [3.05, 3.63) is 176 Å². The lowest BCUT2D eigenvalue weighted by atomic mass is 9.92. The van der Waals surface area contributed by atoms with Crippen LogP contribution in [0, 0.1) is 0 Å². The maximum Gasteiger partial charge on any atom is 0.164 e. The molecule has 0 atom stereocenters.